The number of hydrogen-bond donors (Lipinski definition) is 1. The summed E-state index contributed by atoms with van der Waals surface area (Å²) in [6.07, 6.45) is -1.74. The fourth-order valence-electron chi connectivity index (χ4n) is 2.78. The highest BCUT2D eigenvalue weighted by Crippen LogP contribution is 2.33. The normalized spacial score (nSPS) is 14.8. The first-order chi connectivity index (χ1) is 13.2. The molecule has 0 saturated carbocycles. The van der Waals surface area contributed by atoms with Gasteiger partial charge < -0.3 is 19.9 Å². The first-order valence-corrected chi connectivity index (χ1v) is 8.94. The van der Waals surface area contributed by atoms with Crippen molar-refractivity contribution in [3.8, 4) is 5.75 Å². The molecule has 2 amide bonds. The smallest absolute Gasteiger partial charge is 0.406 e. The van der Waals surface area contributed by atoms with Crippen LogP contribution < -0.4 is 15.0 Å². The number of benzene rings is 1. The second-order valence-electron chi connectivity index (χ2n) is 5.93. The van der Waals surface area contributed by atoms with E-state index < -0.39 is 6.36 Å². The van der Waals surface area contributed by atoms with E-state index in [9.17, 15) is 18.0 Å². The summed E-state index contributed by atoms with van der Waals surface area (Å²) in [5, 5.41) is 3.52. The van der Waals surface area contributed by atoms with Crippen LogP contribution in [0.2, 0.25) is 10.0 Å². The van der Waals surface area contributed by atoms with Gasteiger partial charge in [-0.25, -0.2) is 4.79 Å². The number of hydrogen-bond acceptors (Lipinski definition) is 4. The molecular weight excluding hydrogens is 420 g/mol. The van der Waals surface area contributed by atoms with Gasteiger partial charge in [-0.15, -0.1) is 13.2 Å². The predicted octanol–water partition coefficient (Wildman–Crippen LogP) is 4.64. The first-order valence-electron chi connectivity index (χ1n) is 8.18. The molecule has 0 atom stereocenters. The molecule has 0 radical (unpaired) electrons. The van der Waals surface area contributed by atoms with Gasteiger partial charge in [-0.1, -0.05) is 23.2 Å². The van der Waals surface area contributed by atoms with Crippen molar-refractivity contribution < 1.29 is 22.7 Å². The molecule has 0 spiro atoms. The van der Waals surface area contributed by atoms with Crippen LogP contribution >= 0.6 is 23.2 Å². The molecule has 2 heterocycles. The van der Waals surface area contributed by atoms with Gasteiger partial charge in [0.1, 0.15) is 5.75 Å². The third-order valence-electron chi connectivity index (χ3n) is 4.05. The van der Waals surface area contributed by atoms with Gasteiger partial charge in [0, 0.05) is 44.3 Å². The monoisotopic (exact) mass is 434 g/mol. The molecule has 0 bridgehead atoms. The van der Waals surface area contributed by atoms with Crippen molar-refractivity contribution in [2.24, 2.45) is 0 Å². The zero-order valence-corrected chi connectivity index (χ0v) is 15.9. The van der Waals surface area contributed by atoms with E-state index in [4.69, 9.17) is 23.2 Å². The molecule has 1 aromatic heterocycles. The summed E-state index contributed by atoms with van der Waals surface area (Å²) < 4.78 is 40.3. The molecule has 150 valence electrons. The molecule has 2 aromatic rings. The van der Waals surface area contributed by atoms with Gasteiger partial charge in [0.2, 0.25) is 0 Å². The number of alkyl halides is 3. The Bertz CT molecular complexity index is 821. The lowest BCUT2D eigenvalue weighted by Gasteiger charge is -2.36. The third kappa shape index (κ3) is 5.11. The minimum absolute atomic E-state index is 0.351. The van der Waals surface area contributed by atoms with E-state index in [1.165, 1.54) is 24.5 Å². The second-order valence-corrected chi connectivity index (χ2v) is 6.74. The molecule has 6 nitrogen and oxygen atoms in total. The topological polar surface area (TPSA) is 57.7 Å². The number of carbonyl (C=O) groups is 1. The van der Waals surface area contributed by atoms with E-state index >= 15 is 0 Å². The highest BCUT2D eigenvalue weighted by molar-refractivity contribution is 6.38. The predicted molar refractivity (Wildman–Crippen MR) is 100 cm³/mol. The number of nitrogens with one attached hydrogen (secondary N) is 1. The minimum atomic E-state index is -4.76. The lowest BCUT2D eigenvalue weighted by atomic mass is 10.2. The molecule has 1 aromatic carbocycles. The van der Waals surface area contributed by atoms with Gasteiger partial charge >= 0.3 is 12.4 Å². The molecule has 1 saturated heterocycles. The Kier molecular flexibility index (Phi) is 6.04. The highest BCUT2D eigenvalue weighted by atomic mass is 35.5. The number of rotatable bonds is 3. The summed E-state index contributed by atoms with van der Waals surface area (Å²) in [5.74, 6) is -0.356. The average molecular weight is 435 g/mol. The molecule has 0 unspecified atom stereocenters. The third-order valence-corrected chi connectivity index (χ3v) is 4.60. The van der Waals surface area contributed by atoms with Crippen LogP contribution in [0.4, 0.5) is 29.3 Å². The number of carbonyl (C=O) groups excluding carboxylic acids is 1. The molecule has 1 aliphatic heterocycles. The van der Waals surface area contributed by atoms with Crippen LogP contribution in [0.1, 0.15) is 0 Å². The van der Waals surface area contributed by atoms with Gasteiger partial charge in [-0.2, -0.15) is 0 Å². The summed E-state index contributed by atoms with van der Waals surface area (Å²) in [5.41, 5.74) is 1.04. The SMILES string of the molecule is O=C(Nc1ccc(OC(F)(F)F)cc1)N1CCN(c2c(Cl)cncc2Cl)CC1. The van der Waals surface area contributed by atoms with Crippen LogP contribution in [-0.4, -0.2) is 48.5 Å². The number of halogens is 5. The fraction of sp³-hybridized carbons (Fsp3) is 0.294. The molecule has 1 fully saturated rings. The van der Waals surface area contributed by atoms with E-state index in [2.05, 4.69) is 15.0 Å². The molecule has 0 aliphatic carbocycles. The fourth-order valence-corrected chi connectivity index (χ4v) is 3.39. The van der Waals surface area contributed by atoms with Gasteiger partial charge in [0.05, 0.1) is 15.7 Å². The lowest BCUT2D eigenvalue weighted by molar-refractivity contribution is -0.274. The summed E-state index contributed by atoms with van der Waals surface area (Å²) in [6.45, 7) is 1.90. The maximum absolute atomic E-state index is 12.4. The number of aromatic nitrogens is 1. The van der Waals surface area contributed by atoms with Crippen LogP contribution in [0.3, 0.4) is 0 Å². The van der Waals surface area contributed by atoms with Gasteiger partial charge in [-0.05, 0) is 24.3 Å². The van der Waals surface area contributed by atoms with Gasteiger partial charge in [-0.3, -0.25) is 4.98 Å². The van der Waals surface area contributed by atoms with E-state index in [1.807, 2.05) is 4.90 Å². The van der Waals surface area contributed by atoms with Crippen molar-refractivity contribution in [2.75, 3.05) is 36.4 Å². The summed E-state index contributed by atoms with van der Waals surface area (Å²) in [6, 6.07) is 4.59. The molecule has 3 rings (SSSR count). The van der Waals surface area contributed by atoms with Crippen LogP contribution in [0.25, 0.3) is 0 Å². The van der Waals surface area contributed by atoms with E-state index in [1.54, 1.807) is 4.90 Å². The zero-order chi connectivity index (χ0) is 20.3. The van der Waals surface area contributed by atoms with Crippen LogP contribution in [0, 0.1) is 0 Å². The number of ether oxygens (including phenoxy) is 1. The van der Waals surface area contributed by atoms with E-state index in [0.29, 0.717) is 47.6 Å². The number of amides is 2. The first kappa shape index (κ1) is 20.3. The summed E-state index contributed by atoms with van der Waals surface area (Å²) in [7, 11) is 0. The summed E-state index contributed by atoms with van der Waals surface area (Å²) in [4.78, 5) is 19.9. The Balaban J connectivity index is 1.55. The zero-order valence-electron chi connectivity index (χ0n) is 14.3. The molecule has 1 aliphatic rings. The number of pyridine rings is 1. The number of piperazine rings is 1. The van der Waals surface area contributed by atoms with Gasteiger partial charge in [0.25, 0.3) is 0 Å². The number of nitrogens with zero attached hydrogens (tertiary/aromatic N) is 3. The minimum Gasteiger partial charge on any atom is -0.406 e. The van der Waals surface area contributed by atoms with Crippen molar-refractivity contribution >= 4 is 40.6 Å². The summed E-state index contributed by atoms with van der Waals surface area (Å²) >= 11 is 12.3. The lowest BCUT2D eigenvalue weighted by Crippen LogP contribution is -2.50. The van der Waals surface area contributed by atoms with Crippen molar-refractivity contribution in [3.05, 3.63) is 46.7 Å². The van der Waals surface area contributed by atoms with Crippen LogP contribution in [-0.2, 0) is 0 Å². The standard InChI is InChI=1S/C17H15Cl2F3N4O2/c18-13-9-23-10-14(19)15(13)25-5-7-26(8-6-25)16(27)24-11-1-3-12(4-2-11)28-17(20,21)22/h1-4,9-10H,5-8H2,(H,24,27). The van der Waals surface area contributed by atoms with Crippen LogP contribution in [0.15, 0.2) is 36.7 Å². The molecular formula is C17H15Cl2F3N4O2. The molecule has 1 N–H and O–H groups in total. The van der Waals surface area contributed by atoms with Crippen molar-refractivity contribution in [3.63, 3.8) is 0 Å². The molecule has 28 heavy (non-hydrogen) atoms. The van der Waals surface area contributed by atoms with Crippen molar-refractivity contribution in [2.45, 2.75) is 6.36 Å². The largest absolute Gasteiger partial charge is 0.573 e. The average Bonchev–Trinajstić information content (AvgIpc) is 2.62. The maximum Gasteiger partial charge on any atom is 0.573 e. The number of urea groups is 1. The number of anilines is 2. The Hall–Kier alpha value is -2.39. The van der Waals surface area contributed by atoms with Gasteiger partial charge in [0.15, 0.2) is 0 Å². The van der Waals surface area contributed by atoms with Crippen molar-refractivity contribution in [1.82, 2.24) is 9.88 Å². The Morgan fingerprint density at radius 1 is 1.04 bits per heavy atom. The maximum atomic E-state index is 12.4. The highest BCUT2D eigenvalue weighted by Gasteiger charge is 2.31. The second kappa shape index (κ2) is 8.32. The van der Waals surface area contributed by atoms with Crippen molar-refractivity contribution in [1.29, 1.82) is 0 Å². The quantitative estimate of drug-likeness (QED) is 0.764. The Morgan fingerprint density at radius 2 is 1.61 bits per heavy atom. The van der Waals surface area contributed by atoms with Crippen LogP contribution in [0.5, 0.6) is 5.75 Å². The van der Waals surface area contributed by atoms with E-state index in [-0.39, 0.29) is 11.8 Å². The molecule has 11 heteroatoms. The Labute approximate surface area is 168 Å². The van der Waals surface area contributed by atoms with E-state index in [0.717, 1.165) is 12.1 Å². The Morgan fingerprint density at radius 3 is 2.14 bits per heavy atom.